The number of hydrogen-bond acceptors (Lipinski definition) is 3. The number of nitrogens with zero attached hydrogens (tertiary/aromatic N) is 1. The molecule has 4 rings (SSSR count). The first-order valence-electron chi connectivity index (χ1n) is 8.72. The Balaban J connectivity index is 1.46. The maximum atomic E-state index is 12.2. The Labute approximate surface area is 157 Å². The summed E-state index contributed by atoms with van der Waals surface area (Å²) >= 11 is 0. The molecule has 3 aromatic carbocycles. The van der Waals surface area contributed by atoms with Crippen molar-refractivity contribution in [3.05, 3.63) is 107 Å². The van der Waals surface area contributed by atoms with Gasteiger partial charge in [-0.2, -0.15) is 0 Å². The molecule has 0 bridgehead atoms. The smallest absolute Gasteiger partial charge is 0.275 e. The summed E-state index contributed by atoms with van der Waals surface area (Å²) in [5.74, 6) is 1.17. The second kappa shape index (κ2) is 7.70. The molecule has 0 aromatic heterocycles. The lowest BCUT2D eigenvalue weighted by molar-refractivity contribution is -0.115. The third-order valence-corrected chi connectivity index (χ3v) is 4.18. The standard InChI is InChI=1S/C23H18N2O2/c26-23-21(24-22(25-23)19-9-5-2-6-10-19)15-17-11-13-20(14-12-17)27-16-18-7-3-1-4-8-18/h1-15H,16H2,(H,24,25,26)/b21-15-. The zero-order valence-electron chi connectivity index (χ0n) is 14.6. The number of amidine groups is 1. The molecule has 0 saturated carbocycles. The molecule has 0 saturated heterocycles. The first-order valence-corrected chi connectivity index (χ1v) is 8.72. The summed E-state index contributed by atoms with van der Waals surface area (Å²) in [4.78, 5) is 16.6. The molecule has 1 amide bonds. The van der Waals surface area contributed by atoms with Crippen LogP contribution in [-0.4, -0.2) is 11.7 Å². The highest BCUT2D eigenvalue weighted by Gasteiger charge is 2.20. The molecule has 1 heterocycles. The average Bonchev–Trinajstić information content (AvgIpc) is 3.09. The van der Waals surface area contributed by atoms with Crippen LogP contribution in [0.5, 0.6) is 5.75 Å². The van der Waals surface area contributed by atoms with Crippen molar-refractivity contribution < 1.29 is 9.53 Å². The number of amides is 1. The Hall–Kier alpha value is -3.66. The van der Waals surface area contributed by atoms with Gasteiger partial charge in [-0.05, 0) is 29.3 Å². The molecular formula is C23H18N2O2. The zero-order chi connectivity index (χ0) is 18.5. The van der Waals surface area contributed by atoms with E-state index in [0.29, 0.717) is 18.1 Å². The monoisotopic (exact) mass is 354 g/mol. The van der Waals surface area contributed by atoms with Crippen molar-refractivity contribution in [2.24, 2.45) is 4.99 Å². The molecule has 3 aromatic rings. The molecule has 1 aliphatic rings. The minimum atomic E-state index is -0.196. The van der Waals surface area contributed by atoms with Crippen LogP contribution >= 0.6 is 0 Å². The maximum Gasteiger partial charge on any atom is 0.275 e. The Morgan fingerprint density at radius 3 is 2.22 bits per heavy atom. The lowest BCUT2D eigenvalue weighted by Gasteiger charge is -2.06. The van der Waals surface area contributed by atoms with Crippen molar-refractivity contribution in [1.29, 1.82) is 0 Å². The third-order valence-electron chi connectivity index (χ3n) is 4.18. The fourth-order valence-electron chi connectivity index (χ4n) is 2.76. The molecule has 132 valence electrons. The summed E-state index contributed by atoms with van der Waals surface area (Å²) in [7, 11) is 0. The lowest BCUT2D eigenvalue weighted by Crippen LogP contribution is -2.24. The summed E-state index contributed by atoms with van der Waals surface area (Å²) in [6, 6.07) is 27.2. The van der Waals surface area contributed by atoms with E-state index in [4.69, 9.17) is 4.74 Å². The highest BCUT2D eigenvalue weighted by Crippen LogP contribution is 2.18. The normalized spacial score (nSPS) is 14.7. The van der Waals surface area contributed by atoms with Crippen molar-refractivity contribution in [2.75, 3.05) is 0 Å². The highest BCUT2D eigenvalue weighted by molar-refractivity contribution is 6.19. The van der Waals surface area contributed by atoms with E-state index >= 15 is 0 Å². The van der Waals surface area contributed by atoms with E-state index in [1.807, 2.05) is 84.9 Å². The van der Waals surface area contributed by atoms with Gasteiger partial charge in [-0.15, -0.1) is 0 Å². The Morgan fingerprint density at radius 2 is 1.52 bits per heavy atom. The van der Waals surface area contributed by atoms with E-state index in [1.54, 1.807) is 6.08 Å². The Kier molecular flexibility index (Phi) is 4.79. The van der Waals surface area contributed by atoms with E-state index in [9.17, 15) is 4.79 Å². The SMILES string of the molecule is O=C1NC(c2ccccc2)=N/C1=C\c1ccc(OCc2ccccc2)cc1. The van der Waals surface area contributed by atoms with Crippen molar-refractivity contribution in [3.63, 3.8) is 0 Å². The molecule has 0 spiro atoms. The van der Waals surface area contributed by atoms with Crippen LogP contribution in [0.1, 0.15) is 16.7 Å². The van der Waals surface area contributed by atoms with Crippen LogP contribution in [0.4, 0.5) is 0 Å². The van der Waals surface area contributed by atoms with Gasteiger partial charge in [-0.25, -0.2) is 4.99 Å². The fraction of sp³-hybridized carbons (Fsp3) is 0.0435. The van der Waals surface area contributed by atoms with Crippen molar-refractivity contribution in [3.8, 4) is 5.75 Å². The molecule has 0 fully saturated rings. The second-order valence-corrected chi connectivity index (χ2v) is 6.15. The molecule has 1 aliphatic heterocycles. The maximum absolute atomic E-state index is 12.2. The van der Waals surface area contributed by atoms with Crippen LogP contribution in [-0.2, 0) is 11.4 Å². The Bertz CT molecular complexity index is 992. The predicted octanol–water partition coefficient (Wildman–Crippen LogP) is 4.18. The summed E-state index contributed by atoms with van der Waals surface area (Å²) in [6.07, 6.45) is 1.77. The fourth-order valence-corrected chi connectivity index (χ4v) is 2.76. The molecule has 0 atom stereocenters. The summed E-state index contributed by atoms with van der Waals surface area (Å²) in [5, 5.41) is 2.81. The van der Waals surface area contributed by atoms with Crippen LogP contribution in [0.25, 0.3) is 6.08 Å². The summed E-state index contributed by atoms with van der Waals surface area (Å²) in [5.41, 5.74) is 3.30. The quantitative estimate of drug-likeness (QED) is 0.699. The number of benzene rings is 3. The van der Waals surface area contributed by atoms with Gasteiger partial charge in [0, 0.05) is 5.56 Å². The van der Waals surface area contributed by atoms with Crippen LogP contribution in [0.3, 0.4) is 0 Å². The molecule has 1 N–H and O–H groups in total. The van der Waals surface area contributed by atoms with Gasteiger partial charge in [-0.1, -0.05) is 72.8 Å². The minimum absolute atomic E-state index is 0.196. The molecular weight excluding hydrogens is 336 g/mol. The first-order chi connectivity index (χ1) is 13.3. The molecule has 4 nitrogen and oxygen atoms in total. The van der Waals surface area contributed by atoms with Crippen LogP contribution in [0.2, 0.25) is 0 Å². The van der Waals surface area contributed by atoms with Crippen molar-refractivity contribution in [1.82, 2.24) is 5.32 Å². The van der Waals surface area contributed by atoms with Gasteiger partial charge in [0.15, 0.2) is 0 Å². The molecule has 27 heavy (non-hydrogen) atoms. The predicted molar refractivity (Wildman–Crippen MR) is 106 cm³/mol. The molecule has 0 radical (unpaired) electrons. The summed E-state index contributed by atoms with van der Waals surface area (Å²) < 4.78 is 5.79. The van der Waals surface area contributed by atoms with Gasteiger partial charge in [0.05, 0.1) is 0 Å². The number of aliphatic imine (C=N–C) groups is 1. The second-order valence-electron chi connectivity index (χ2n) is 6.15. The number of carbonyl (C=O) groups excluding carboxylic acids is 1. The van der Waals surface area contributed by atoms with Gasteiger partial charge < -0.3 is 10.1 Å². The summed E-state index contributed by atoms with van der Waals surface area (Å²) in [6.45, 7) is 0.522. The van der Waals surface area contributed by atoms with Gasteiger partial charge in [0.25, 0.3) is 5.91 Å². The third kappa shape index (κ3) is 4.12. The highest BCUT2D eigenvalue weighted by atomic mass is 16.5. The van der Waals surface area contributed by atoms with E-state index in [-0.39, 0.29) is 5.91 Å². The van der Waals surface area contributed by atoms with Crippen LogP contribution < -0.4 is 10.1 Å². The Morgan fingerprint density at radius 1 is 0.852 bits per heavy atom. The van der Waals surface area contributed by atoms with Crippen molar-refractivity contribution in [2.45, 2.75) is 6.61 Å². The van der Waals surface area contributed by atoms with Crippen LogP contribution in [0, 0.1) is 0 Å². The molecule has 0 aliphatic carbocycles. The van der Waals surface area contributed by atoms with Crippen molar-refractivity contribution >= 4 is 17.8 Å². The first kappa shape index (κ1) is 16.8. The van der Waals surface area contributed by atoms with Gasteiger partial charge in [-0.3, -0.25) is 4.79 Å². The number of carbonyl (C=O) groups is 1. The van der Waals surface area contributed by atoms with Crippen LogP contribution in [0.15, 0.2) is 95.6 Å². The van der Waals surface area contributed by atoms with Gasteiger partial charge >= 0.3 is 0 Å². The van der Waals surface area contributed by atoms with E-state index in [2.05, 4.69) is 10.3 Å². The van der Waals surface area contributed by atoms with E-state index in [0.717, 1.165) is 22.4 Å². The number of rotatable bonds is 5. The zero-order valence-corrected chi connectivity index (χ0v) is 14.6. The molecule has 4 heteroatoms. The number of hydrogen-bond donors (Lipinski definition) is 1. The number of ether oxygens (including phenoxy) is 1. The topological polar surface area (TPSA) is 50.7 Å². The largest absolute Gasteiger partial charge is 0.489 e. The van der Waals surface area contributed by atoms with E-state index < -0.39 is 0 Å². The number of nitrogens with one attached hydrogen (secondary N) is 1. The minimum Gasteiger partial charge on any atom is -0.489 e. The average molecular weight is 354 g/mol. The van der Waals surface area contributed by atoms with E-state index in [1.165, 1.54) is 0 Å². The molecule has 0 unspecified atom stereocenters. The van der Waals surface area contributed by atoms with Gasteiger partial charge in [0.1, 0.15) is 23.9 Å². The van der Waals surface area contributed by atoms with Gasteiger partial charge in [0.2, 0.25) is 0 Å². The lowest BCUT2D eigenvalue weighted by atomic mass is 10.2.